The predicted octanol–water partition coefficient (Wildman–Crippen LogP) is 3.31. The molecule has 0 fully saturated rings. The number of rotatable bonds is 7. The summed E-state index contributed by atoms with van der Waals surface area (Å²) in [5.74, 6) is -0.724. The molecule has 1 aromatic heterocycles. The van der Waals surface area contributed by atoms with E-state index in [1.807, 2.05) is 0 Å². The molecule has 0 spiro atoms. The Morgan fingerprint density at radius 3 is 2.62 bits per heavy atom. The van der Waals surface area contributed by atoms with Gasteiger partial charge in [-0.05, 0) is 36.2 Å². The van der Waals surface area contributed by atoms with Crippen molar-refractivity contribution in [2.24, 2.45) is 0 Å². The first-order valence-corrected chi connectivity index (χ1v) is 8.86. The Morgan fingerprint density at radius 2 is 1.90 bits per heavy atom. The largest absolute Gasteiger partial charge is 0.465 e. The molecule has 3 aromatic rings. The number of methoxy groups -OCH3 is 1. The third-order valence-electron chi connectivity index (χ3n) is 4.08. The zero-order valence-electron chi connectivity index (χ0n) is 15.7. The molecule has 7 nitrogen and oxygen atoms in total. The van der Waals surface area contributed by atoms with Gasteiger partial charge in [0.25, 0.3) is 5.91 Å². The van der Waals surface area contributed by atoms with Crippen LogP contribution >= 0.6 is 0 Å². The number of carbonyl (C=O) groups excluding carboxylic acids is 2. The zero-order valence-corrected chi connectivity index (χ0v) is 15.7. The molecular formula is C21H19FN4O3. The van der Waals surface area contributed by atoms with Crippen LogP contribution in [-0.4, -0.2) is 35.5 Å². The number of ether oxygens (including phenoxy) is 1. The van der Waals surface area contributed by atoms with Crippen molar-refractivity contribution in [1.29, 1.82) is 0 Å². The second-order valence-corrected chi connectivity index (χ2v) is 6.08. The van der Waals surface area contributed by atoms with Crippen molar-refractivity contribution >= 4 is 23.4 Å². The summed E-state index contributed by atoms with van der Waals surface area (Å²) in [5, 5.41) is 5.70. The molecule has 1 amide bonds. The van der Waals surface area contributed by atoms with Crippen molar-refractivity contribution in [2.45, 2.75) is 6.42 Å². The minimum absolute atomic E-state index is 0.119. The average molecular weight is 394 g/mol. The lowest BCUT2D eigenvalue weighted by Gasteiger charge is -2.08. The lowest BCUT2D eigenvalue weighted by molar-refractivity contribution is 0.0600. The van der Waals surface area contributed by atoms with Crippen LogP contribution in [0, 0.1) is 5.82 Å². The van der Waals surface area contributed by atoms with Crippen LogP contribution in [0.3, 0.4) is 0 Å². The predicted molar refractivity (Wildman–Crippen MR) is 106 cm³/mol. The van der Waals surface area contributed by atoms with Gasteiger partial charge in [0, 0.05) is 12.2 Å². The number of hydrogen-bond donors (Lipinski definition) is 2. The van der Waals surface area contributed by atoms with Gasteiger partial charge in [-0.3, -0.25) is 4.79 Å². The molecule has 29 heavy (non-hydrogen) atoms. The number of carbonyl (C=O) groups is 2. The summed E-state index contributed by atoms with van der Waals surface area (Å²) in [6.07, 6.45) is 3.26. The molecule has 0 unspecified atom stereocenters. The molecule has 0 atom stereocenters. The standard InChI is InChI=1S/C21H19FN4O3/c1-29-21(28)15-6-4-7-16(11-15)26-20(27)18-12-25-19(13-24-18)23-10-9-14-5-2-3-8-17(14)22/h2-8,11-13H,9-10H2,1H3,(H,23,25)(H,26,27). The number of nitrogens with one attached hydrogen (secondary N) is 2. The van der Waals surface area contributed by atoms with Gasteiger partial charge in [-0.15, -0.1) is 0 Å². The van der Waals surface area contributed by atoms with Gasteiger partial charge in [-0.25, -0.2) is 19.2 Å². The molecule has 0 saturated heterocycles. The molecule has 0 aliphatic heterocycles. The van der Waals surface area contributed by atoms with Crippen molar-refractivity contribution in [3.8, 4) is 0 Å². The molecule has 8 heteroatoms. The normalized spacial score (nSPS) is 10.3. The Hall–Kier alpha value is -3.81. The van der Waals surface area contributed by atoms with E-state index in [9.17, 15) is 14.0 Å². The minimum Gasteiger partial charge on any atom is -0.465 e. The molecule has 1 heterocycles. The highest BCUT2D eigenvalue weighted by atomic mass is 19.1. The molecule has 2 N–H and O–H groups in total. The molecular weight excluding hydrogens is 375 g/mol. The quantitative estimate of drug-likeness (QED) is 0.597. The average Bonchev–Trinajstić information content (AvgIpc) is 2.75. The third kappa shape index (κ3) is 5.35. The van der Waals surface area contributed by atoms with E-state index < -0.39 is 11.9 Å². The Kier molecular flexibility index (Phi) is 6.47. The minimum atomic E-state index is -0.494. The zero-order chi connectivity index (χ0) is 20.6. The van der Waals surface area contributed by atoms with Gasteiger partial charge < -0.3 is 15.4 Å². The van der Waals surface area contributed by atoms with Crippen LogP contribution in [-0.2, 0) is 11.2 Å². The van der Waals surface area contributed by atoms with Gasteiger partial charge in [0.1, 0.15) is 17.3 Å². The number of nitrogens with zero attached hydrogens (tertiary/aromatic N) is 2. The summed E-state index contributed by atoms with van der Waals surface area (Å²) in [5.41, 5.74) is 1.49. The molecule has 0 radical (unpaired) electrons. The summed E-state index contributed by atoms with van der Waals surface area (Å²) < 4.78 is 18.3. The van der Waals surface area contributed by atoms with Gasteiger partial charge in [0.15, 0.2) is 0 Å². The van der Waals surface area contributed by atoms with Gasteiger partial charge in [-0.1, -0.05) is 24.3 Å². The van der Waals surface area contributed by atoms with Crippen LogP contribution in [0.4, 0.5) is 15.9 Å². The Balaban J connectivity index is 1.56. The molecule has 0 aliphatic rings. The van der Waals surface area contributed by atoms with Gasteiger partial charge in [-0.2, -0.15) is 0 Å². The molecule has 148 valence electrons. The van der Waals surface area contributed by atoms with E-state index in [-0.39, 0.29) is 11.5 Å². The number of anilines is 2. The molecule has 0 bridgehead atoms. The second-order valence-electron chi connectivity index (χ2n) is 6.08. The second kappa shape index (κ2) is 9.41. The lowest BCUT2D eigenvalue weighted by atomic mass is 10.1. The Morgan fingerprint density at radius 1 is 1.07 bits per heavy atom. The van der Waals surface area contributed by atoms with E-state index in [4.69, 9.17) is 0 Å². The summed E-state index contributed by atoms with van der Waals surface area (Å²) in [6.45, 7) is 0.474. The fraction of sp³-hybridized carbons (Fsp3) is 0.143. The monoisotopic (exact) mass is 394 g/mol. The molecule has 0 aliphatic carbocycles. The van der Waals surface area contributed by atoms with Crippen molar-refractivity contribution in [2.75, 3.05) is 24.3 Å². The Bertz CT molecular complexity index is 1010. The fourth-order valence-electron chi connectivity index (χ4n) is 2.60. The van der Waals surface area contributed by atoms with Crippen LogP contribution in [0.5, 0.6) is 0 Å². The van der Waals surface area contributed by atoms with Gasteiger partial charge in [0.2, 0.25) is 0 Å². The maximum absolute atomic E-state index is 13.6. The molecule has 3 rings (SSSR count). The number of aromatic nitrogens is 2. The van der Waals surface area contributed by atoms with Crippen molar-refractivity contribution in [3.63, 3.8) is 0 Å². The van der Waals surface area contributed by atoms with Crippen molar-refractivity contribution in [3.05, 3.63) is 83.6 Å². The first-order valence-electron chi connectivity index (χ1n) is 8.86. The summed E-state index contributed by atoms with van der Waals surface area (Å²) in [7, 11) is 1.29. The highest BCUT2D eigenvalue weighted by Crippen LogP contribution is 2.13. The number of hydrogen-bond acceptors (Lipinski definition) is 6. The van der Waals surface area contributed by atoms with E-state index in [2.05, 4.69) is 25.3 Å². The van der Waals surface area contributed by atoms with Crippen molar-refractivity contribution < 1.29 is 18.7 Å². The third-order valence-corrected chi connectivity index (χ3v) is 4.08. The first kappa shape index (κ1) is 19.9. The number of amides is 1. The smallest absolute Gasteiger partial charge is 0.337 e. The summed E-state index contributed by atoms with van der Waals surface area (Å²) in [4.78, 5) is 32.1. The van der Waals surface area contributed by atoms with E-state index >= 15 is 0 Å². The summed E-state index contributed by atoms with van der Waals surface area (Å²) >= 11 is 0. The van der Waals surface area contributed by atoms with E-state index in [0.29, 0.717) is 35.6 Å². The van der Waals surface area contributed by atoms with E-state index in [1.165, 1.54) is 31.6 Å². The van der Waals surface area contributed by atoms with E-state index in [1.54, 1.807) is 36.4 Å². The maximum Gasteiger partial charge on any atom is 0.337 e. The number of esters is 1. The molecule has 2 aromatic carbocycles. The van der Waals surface area contributed by atoms with Crippen LogP contribution < -0.4 is 10.6 Å². The van der Waals surface area contributed by atoms with Gasteiger partial charge in [0.05, 0.1) is 25.1 Å². The fourth-order valence-corrected chi connectivity index (χ4v) is 2.60. The first-order chi connectivity index (χ1) is 14.1. The SMILES string of the molecule is COC(=O)c1cccc(NC(=O)c2cnc(NCCc3ccccc3F)cn2)c1. The highest BCUT2D eigenvalue weighted by molar-refractivity contribution is 6.03. The number of benzene rings is 2. The summed E-state index contributed by atoms with van der Waals surface area (Å²) in [6, 6.07) is 13.0. The van der Waals surface area contributed by atoms with Crippen molar-refractivity contribution in [1.82, 2.24) is 9.97 Å². The van der Waals surface area contributed by atoms with Crippen LogP contribution in [0.15, 0.2) is 60.9 Å². The molecule has 0 saturated carbocycles. The van der Waals surface area contributed by atoms with Gasteiger partial charge >= 0.3 is 5.97 Å². The maximum atomic E-state index is 13.6. The number of halogens is 1. The van der Waals surface area contributed by atoms with E-state index in [0.717, 1.165) is 0 Å². The van der Waals surface area contributed by atoms with Crippen LogP contribution in [0.1, 0.15) is 26.4 Å². The lowest BCUT2D eigenvalue weighted by Crippen LogP contribution is -2.15. The highest BCUT2D eigenvalue weighted by Gasteiger charge is 2.11. The topological polar surface area (TPSA) is 93.2 Å². The van der Waals surface area contributed by atoms with Crippen LogP contribution in [0.2, 0.25) is 0 Å². The Labute approximate surface area is 167 Å². The van der Waals surface area contributed by atoms with Crippen LogP contribution in [0.25, 0.3) is 0 Å².